The van der Waals surface area contributed by atoms with Crippen LogP contribution in [0.2, 0.25) is 0 Å². The molecule has 21 heavy (non-hydrogen) atoms. The quantitative estimate of drug-likeness (QED) is 0.910. The predicted octanol–water partition coefficient (Wildman–Crippen LogP) is 2.65. The molecule has 1 heterocycles. The minimum absolute atomic E-state index is 0.197. The van der Waals surface area contributed by atoms with Crippen LogP contribution in [0.4, 0.5) is 0 Å². The van der Waals surface area contributed by atoms with E-state index in [4.69, 9.17) is 4.74 Å². The summed E-state index contributed by atoms with van der Waals surface area (Å²) in [5, 5.41) is 14.9. The molecule has 2 aromatic carbocycles. The van der Waals surface area contributed by atoms with Crippen LogP contribution in [0, 0.1) is 0 Å². The number of nitrogens with one attached hydrogen (secondary N) is 1. The summed E-state index contributed by atoms with van der Waals surface area (Å²) >= 11 is 0. The molecule has 0 spiro atoms. The molecule has 1 aliphatic rings. The summed E-state index contributed by atoms with van der Waals surface area (Å²) in [5.74, 6) is 0. The summed E-state index contributed by atoms with van der Waals surface area (Å²) < 4.78 is 5.77. The molecule has 0 radical (unpaired) electrons. The Kier molecular flexibility index (Phi) is 3.57. The predicted molar refractivity (Wildman–Crippen MR) is 82.8 cm³/mol. The average Bonchev–Trinajstić information content (AvgIpc) is 2.89. The molecule has 0 bridgehead atoms. The van der Waals surface area contributed by atoms with Crippen molar-refractivity contribution in [1.29, 1.82) is 0 Å². The van der Waals surface area contributed by atoms with Gasteiger partial charge < -0.3 is 9.84 Å². The van der Waals surface area contributed by atoms with Crippen molar-refractivity contribution in [3.8, 4) is 0 Å². The Morgan fingerprint density at radius 2 is 1.48 bits per heavy atom. The van der Waals surface area contributed by atoms with E-state index in [0.717, 1.165) is 11.1 Å². The molecule has 0 aromatic heterocycles. The minimum Gasteiger partial charge on any atom is -0.379 e. The van der Waals surface area contributed by atoms with Gasteiger partial charge in [-0.05, 0) is 25.0 Å². The van der Waals surface area contributed by atoms with E-state index >= 15 is 0 Å². The van der Waals surface area contributed by atoms with Crippen molar-refractivity contribution >= 4 is 0 Å². The first-order valence-corrected chi connectivity index (χ1v) is 7.27. The van der Waals surface area contributed by atoms with Gasteiger partial charge in [0, 0.05) is 0 Å². The van der Waals surface area contributed by atoms with Crippen LogP contribution in [0.1, 0.15) is 25.0 Å². The van der Waals surface area contributed by atoms with Crippen LogP contribution in [-0.4, -0.2) is 23.5 Å². The molecular formula is C18H21NO2. The SMILES string of the molecule is CC1(C)N[C@H](C(O)(c2ccccc2)c2ccccc2)CO1. The van der Waals surface area contributed by atoms with Gasteiger partial charge in [0.2, 0.25) is 0 Å². The van der Waals surface area contributed by atoms with Crippen LogP contribution in [-0.2, 0) is 10.3 Å². The van der Waals surface area contributed by atoms with Crippen LogP contribution in [0.3, 0.4) is 0 Å². The summed E-state index contributed by atoms with van der Waals surface area (Å²) in [6.45, 7) is 4.42. The third-order valence-corrected chi connectivity index (χ3v) is 4.06. The van der Waals surface area contributed by atoms with Gasteiger partial charge >= 0.3 is 0 Å². The third-order valence-electron chi connectivity index (χ3n) is 4.06. The molecule has 0 unspecified atom stereocenters. The first-order chi connectivity index (χ1) is 10.0. The summed E-state index contributed by atoms with van der Waals surface area (Å²) in [5.41, 5.74) is 0.198. The first kappa shape index (κ1) is 14.3. The second-order valence-electron chi connectivity index (χ2n) is 6.02. The zero-order chi connectivity index (χ0) is 14.9. The number of hydrogen-bond acceptors (Lipinski definition) is 3. The Morgan fingerprint density at radius 3 is 1.86 bits per heavy atom. The second kappa shape index (κ2) is 5.26. The fourth-order valence-electron chi connectivity index (χ4n) is 2.97. The van der Waals surface area contributed by atoms with Gasteiger partial charge in [0.25, 0.3) is 0 Å². The highest BCUT2D eigenvalue weighted by Gasteiger charge is 2.46. The van der Waals surface area contributed by atoms with Crippen molar-refractivity contribution in [1.82, 2.24) is 5.32 Å². The van der Waals surface area contributed by atoms with E-state index in [1.807, 2.05) is 74.5 Å². The standard InChI is InChI=1S/C18H21NO2/c1-17(2)19-16(13-21-17)18(20,14-9-5-3-6-10-14)15-11-7-4-8-12-15/h3-12,16,19-20H,13H2,1-2H3/t16-/m0/s1. The van der Waals surface area contributed by atoms with E-state index in [9.17, 15) is 5.11 Å². The van der Waals surface area contributed by atoms with Gasteiger partial charge in [0.1, 0.15) is 11.3 Å². The summed E-state index contributed by atoms with van der Waals surface area (Å²) in [6, 6.07) is 19.3. The van der Waals surface area contributed by atoms with E-state index in [2.05, 4.69) is 5.32 Å². The summed E-state index contributed by atoms with van der Waals surface area (Å²) in [4.78, 5) is 0. The van der Waals surface area contributed by atoms with Gasteiger partial charge in [-0.15, -0.1) is 0 Å². The molecule has 3 nitrogen and oxygen atoms in total. The molecule has 2 aromatic rings. The fraction of sp³-hybridized carbons (Fsp3) is 0.333. The normalized spacial score (nSPS) is 21.4. The Labute approximate surface area is 125 Å². The number of benzene rings is 2. The Balaban J connectivity index is 2.08. The number of ether oxygens (including phenoxy) is 1. The van der Waals surface area contributed by atoms with Crippen molar-refractivity contribution < 1.29 is 9.84 Å². The number of aliphatic hydroxyl groups is 1. The van der Waals surface area contributed by atoms with Crippen LogP contribution < -0.4 is 5.32 Å². The van der Waals surface area contributed by atoms with Crippen molar-refractivity contribution in [2.75, 3.05) is 6.61 Å². The lowest BCUT2D eigenvalue weighted by molar-refractivity contribution is 0.0194. The topological polar surface area (TPSA) is 41.5 Å². The molecule has 0 saturated carbocycles. The molecule has 3 heteroatoms. The maximum atomic E-state index is 11.5. The minimum atomic E-state index is -1.11. The van der Waals surface area contributed by atoms with Gasteiger partial charge in [-0.3, -0.25) is 5.32 Å². The molecule has 1 saturated heterocycles. The highest BCUT2D eigenvalue weighted by Crippen LogP contribution is 2.36. The van der Waals surface area contributed by atoms with Crippen LogP contribution in [0.15, 0.2) is 60.7 Å². The lowest BCUT2D eigenvalue weighted by atomic mass is 9.80. The van der Waals surface area contributed by atoms with E-state index in [1.165, 1.54) is 0 Å². The smallest absolute Gasteiger partial charge is 0.132 e. The molecule has 0 aliphatic carbocycles. The molecule has 1 aliphatic heterocycles. The zero-order valence-electron chi connectivity index (χ0n) is 12.4. The first-order valence-electron chi connectivity index (χ1n) is 7.27. The van der Waals surface area contributed by atoms with Crippen molar-refractivity contribution in [2.45, 2.75) is 31.2 Å². The average molecular weight is 283 g/mol. The highest BCUT2D eigenvalue weighted by molar-refractivity contribution is 5.38. The zero-order valence-corrected chi connectivity index (χ0v) is 12.4. The molecule has 0 amide bonds. The van der Waals surface area contributed by atoms with Crippen molar-refractivity contribution in [2.24, 2.45) is 0 Å². The maximum absolute atomic E-state index is 11.5. The van der Waals surface area contributed by atoms with Crippen LogP contribution >= 0.6 is 0 Å². The van der Waals surface area contributed by atoms with Crippen LogP contribution in [0.5, 0.6) is 0 Å². The lowest BCUT2D eigenvalue weighted by Gasteiger charge is -2.35. The maximum Gasteiger partial charge on any atom is 0.132 e. The van der Waals surface area contributed by atoms with E-state index in [0.29, 0.717) is 6.61 Å². The molecule has 2 N–H and O–H groups in total. The molecule has 1 fully saturated rings. The summed E-state index contributed by atoms with van der Waals surface area (Å²) in [7, 11) is 0. The summed E-state index contributed by atoms with van der Waals surface area (Å²) in [6.07, 6.45) is 0. The van der Waals surface area contributed by atoms with E-state index in [-0.39, 0.29) is 6.04 Å². The second-order valence-corrected chi connectivity index (χ2v) is 6.02. The molecular weight excluding hydrogens is 262 g/mol. The number of hydrogen-bond donors (Lipinski definition) is 2. The van der Waals surface area contributed by atoms with E-state index < -0.39 is 11.3 Å². The van der Waals surface area contributed by atoms with Gasteiger partial charge in [-0.25, -0.2) is 0 Å². The van der Waals surface area contributed by atoms with E-state index in [1.54, 1.807) is 0 Å². The molecule has 110 valence electrons. The molecule has 3 rings (SSSR count). The van der Waals surface area contributed by atoms with Gasteiger partial charge in [-0.1, -0.05) is 60.7 Å². The van der Waals surface area contributed by atoms with Gasteiger partial charge in [-0.2, -0.15) is 0 Å². The van der Waals surface area contributed by atoms with Crippen LogP contribution in [0.25, 0.3) is 0 Å². The number of rotatable bonds is 3. The largest absolute Gasteiger partial charge is 0.379 e. The Morgan fingerprint density at radius 1 is 1.00 bits per heavy atom. The lowest BCUT2D eigenvalue weighted by Crippen LogP contribution is -2.51. The Bertz CT molecular complexity index is 556. The molecule has 1 atom stereocenters. The van der Waals surface area contributed by atoms with Crippen molar-refractivity contribution in [3.05, 3.63) is 71.8 Å². The Hall–Kier alpha value is -1.68. The van der Waals surface area contributed by atoms with Crippen molar-refractivity contribution in [3.63, 3.8) is 0 Å². The third kappa shape index (κ3) is 2.60. The van der Waals surface area contributed by atoms with Gasteiger partial charge in [0.15, 0.2) is 0 Å². The fourth-order valence-corrected chi connectivity index (χ4v) is 2.97. The highest BCUT2D eigenvalue weighted by atomic mass is 16.5. The van der Waals surface area contributed by atoms with Gasteiger partial charge in [0.05, 0.1) is 12.6 Å². The monoisotopic (exact) mass is 283 g/mol.